The van der Waals surface area contributed by atoms with Crippen LogP contribution in [0.3, 0.4) is 0 Å². The van der Waals surface area contributed by atoms with Crippen LogP contribution in [0.1, 0.15) is 26.1 Å². The number of nitrogens with zero attached hydrogens (tertiary/aromatic N) is 4. The second-order valence-electron chi connectivity index (χ2n) is 5.75. The van der Waals surface area contributed by atoms with Gasteiger partial charge in [0.25, 0.3) is 5.91 Å². The molecule has 28 heavy (non-hydrogen) atoms. The highest BCUT2D eigenvalue weighted by Crippen LogP contribution is 2.23. The van der Waals surface area contributed by atoms with E-state index in [1.54, 1.807) is 6.20 Å². The van der Waals surface area contributed by atoms with Crippen LogP contribution in [0.25, 0.3) is 0 Å². The summed E-state index contributed by atoms with van der Waals surface area (Å²) in [6.45, 7) is 2.22. The summed E-state index contributed by atoms with van der Waals surface area (Å²) in [6.07, 6.45) is 4.86. The quantitative estimate of drug-likeness (QED) is 0.594. The van der Waals surface area contributed by atoms with E-state index in [1.165, 1.54) is 41.9 Å². The number of anilines is 1. The number of thiazole rings is 1. The Balaban J connectivity index is 1.65. The molecule has 3 aromatic rings. The third-order valence-corrected chi connectivity index (χ3v) is 4.86. The number of aryl methyl sites for hydroxylation is 1. The van der Waals surface area contributed by atoms with Crippen molar-refractivity contribution < 1.29 is 14.0 Å². The Morgan fingerprint density at radius 2 is 2.11 bits per heavy atom. The van der Waals surface area contributed by atoms with Crippen molar-refractivity contribution in [1.82, 2.24) is 20.3 Å². The third-order valence-electron chi connectivity index (χ3n) is 3.71. The van der Waals surface area contributed by atoms with Crippen molar-refractivity contribution in [3.05, 3.63) is 68.9 Å². The number of benzene rings is 1. The topological polar surface area (TPSA) is 88.1 Å². The molecule has 0 radical (unpaired) electrons. The predicted molar refractivity (Wildman–Crippen MR) is 104 cm³/mol. The van der Waals surface area contributed by atoms with Crippen molar-refractivity contribution in [2.24, 2.45) is 0 Å². The molecule has 2 amide bonds. The van der Waals surface area contributed by atoms with Crippen LogP contribution in [-0.2, 0) is 17.9 Å². The van der Waals surface area contributed by atoms with E-state index < -0.39 is 5.82 Å². The zero-order valence-corrected chi connectivity index (χ0v) is 16.3. The number of hydrogen-bond donors (Lipinski definition) is 1. The molecule has 3 rings (SSSR count). The van der Waals surface area contributed by atoms with Crippen LogP contribution in [-0.4, -0.2) is 27.3 Å². The average molecular weight is 420 g/mol. The van der Waals surface area contributed by atoms with Crippen molar-refractivity contribution in [3.8, 4) is 0 Å². The smallest absolute Gasteiger partial charge is 0.271 e. The van der Waals surface area contributed by atoms with Crippen LogP contribution in [0.4, 0.5) is 10.1 Å². The molecule has 0 aliphatic carbocycles. The zero-order valence-electron chi connectivity index (χ0n) is 14.7. The molecular weight excluding hydrogens is 405 g/mol. The van der Waals surface area contributed by atoms with Gasteiger partial charge >= 0.3 is 0 Å². The van der Waals surface area contributed by atoms with Gasteiger partial charge in [0.05, 0.1) is 41.9 Å². The first-order valence-corrected chi connectivity index (χ1v) is 9.33. The Hall–Kier alpha value is -2.91. The molecule has 1 aromatic carbocycles. The third kappa shape index (κ3) is 4.87. The molecule has 1 N–H and O–H groups in total. The molecule has 0 atom stereocenters. The van der Waals surface area contributed by atoms with E-state index in [9.17, 15) is 14.0 Å². The second kappa shape index (κ2) is 8.85. The van der Waals surface area contributed by atoms with Crippen LogP contribution in [0.15, 0.2) is 36.8 Å². The molecule has 0 aliphatic rings. The fourth-order valence-electron chi connectivity index (χ4n) is 2.36. The highest BCUT2D eigenvalue weighted by Gasteiger charge is 2.14. The number of aromatic nitrogens is 3. The number of carbonyl (C=O) groups is 2. The molecular formula is C18H15ClFN5O2S. The number of carbonyl (C=O) groups excluding carboxylic acids is 2. The Kier molecular flexibility index (Phi) is 6.27. The van der Waals surface area contributed by atoms with Gasteiger partial charge in [0.15, 0.2) is 0 Å². The van der Waals surface area contributed by atoms with Gasteiger partial charge in [-0.15, -0.1) is 11.3 Å². The summed E-state index contributed by atoms with van der Waals surface area (Å²) in [5, 5.41) is 3.96. The summed E-state index contributed by atoms with van der Waals surface area (Å²) in [5.74, 6) is -0.961. The molecule has 2 heterocycles. The normalized spacial score (nSPS) is 10.5. The fraction of sp³-hybridized carbons (Fsp3) is 0.167. The van der Waals surface area contributed by atoms with E-state index in [0.29, 0.717) is 23.7 Å². The first-order chi connectivity index (χ1) is 13.5. The van der Waals surface area contributed by atoms with Gasteiger partial charge in [0.2, 0.25) is 6.41 Å². The van der Waals surface area contributed by atoms with Crippen molar-refractivity contribution in [1.29, 1.82) is 0 Å². The van der Waals surface area contributed by atoms with E-state index in [2.05, 4.69) is 20.3 Å². The minimum atomic E-state index is -0.584. The molecule has 0 saturated heterocycles. The maximum absolute atomic E-state index is 14.0. The van der Waals surface area contributed by atoms with Crippen LogP contribution in [0.2, 0.25) is 5.02 Å². The molecule has 0 saturated carbocycles. The van der Waals surface area contributed by atoms with Gasteiger partial charge in [-0.25, -0.2) is 14.4 Å². The Morgan fingerprint density at radius 3 is 2.75 bits per heavy atom. The SMILES string of the molecule is Cc1ncc(CNC(=O)c2cnc(CN(C=O)c3cc(Cl)ccc3F)cn2)s1. The summed E-state index contributed by atoms with van der Waals surface area (Å²) >= 11 is 7.36. The molecule has 10 heteroatoms. The number of halogens is 2. The van der Waals surface area contributed by atoms with E-state index in [0.717, 1.165) is 14.8 Å². The molecule has 0 fully saturated rings. The molecule has 2 aromatic heterocycles. The van der Waals surface area contributed by atoms with Crippen LogP contribution < -0.4 is 10.2 Å². The molecule has 0 spiro atoms. The van der Waals surface area contributed by atoms with Crippen molar-refractivity contribution in [3.63, 3.8) is 0 Å². The minimum Gasteiger partial charge on any atom is -0.346 e. The van der Waals surface area contributed by atoms with E-state index >= 15 is 0 Å². The van der Waals surface area contributed by atoms with E-state index in [4.69, 9.17) is 11.6 Å². The highest BCUT2D eigenvalue weighted by molar-refractivity contribution is 7.11. The molecule has 0 unspecified atom stereocenters. The van der Waals surface area contributed by atoms with Gasteiger partial charge in [-0.2, -0.15) is 0 Å². The lowest BCUT2D eigenvalue weighted by Gasteiger charge is -2.17. The number of rotatable bonds is 7. The summed E-state index contributed by atoms with van der Waals surface area (Å²) < 4.78 is 14.0. The van der Waals surface area contributed by atoms with Gasteiger partial charge in [-0.3, -0.25) is 14.6 Å². The van der Waals surface area contributed by atoms with Crippen LogP contribution >= 0.6 is 22.9 Å². The zero-order chi connectivity index (χ0) is 20.1. The Labute approximate surface area is 169 Å². The lowest BCUT2D eigenvalue weighted by Crippen LogP contribution is -2.25. The first-order valence-electron chi connectivity index (χ1n) is 8.13. The number of amides is 2. The highest BCUT2D eigenvalue weighted by atomic mass is 35.5. The maximum atomic E-state index is 14.0. The van der Waals surface area contributed by atoms with Crippen molar-refractivity contribution >= 4 is 40.9 Å². The maximum Gasteiger partial charge on any atom is 0.271 e. The van der Waals surface area contributed by atoms with E-state index in [-0.39, 0.29) is 23.8 Å². The van der Waals surface area contributed by atoms with Crippen LogP contribution in [0, 0.1) is 12.7 Å². The van der Waals surface area contributed by atoms with Crippen molar-refractivity contribution in [2.75, 3.05) is 4.90 Å². The van der Waals surface area contributed by atoms with Gasteiger partial charge in [0.1, 0.15) is 11.5 Å². The van der Waals surface area contributed by atoms with Gasteiger partial charge < -0.3 is 10.2 Å². The van der Waals surface area contributed by atoms with Gasteiger partial charge in [0, 0.05) is 16.1 Å². The molecule has 7 nitrogen and oxygen atoms in total. The monoisotopic (exact) mass is 419 g/mol. The van der Waals surface area contributed by atoms with Gasteiger partial charge in [-0.1, -0.05) is 11.6 Å². The Morgan fingerprint density at radius 1 is 1.29 bits per heavy atom. The minimum absolute atomic E-state index is 0.0181. The Bertz CT molecular complexity index is 996. The first kappa shape index (κ1) is 19.8. The standard InChI is InChI=1S/C18H15ClFN5O2S/c1-11-21-6-14(28-11)7-24-18(27)16-8-22-13(5-23-16)9-25(10-26)17-4-12(19)2-3-15(17)20/h2-6,8,10H,7,9H2,1H3,(H,24,27). The van der Waals surface area contributed by atoms with Crippen molar-refractivity contribution in [2.45, 2.75) is 20.0 Å². The summed E-state index contributed by atoms with van der Waals surface area (Å²) in [6, 6.07) is 3.92. The number of nitrogens with one attached hydrogen (secondary N) is 1. The summed E-state index contributed by atoms with van der Waals surface area (Å²) in [7, 11) is 0. The fourth-order valence-corrected chi connectivity index (χ4v) is 3.26. The molecule has 0 bridgehead atoms. The lowest BCUT2D eigenvalue weighted by molar-refractivity contribution is -0.107. The molecule has 144 valence electrons. The second-order valence-corrected chi connectivity index (χ2v) is 7.51. The summed E-state index contributed by atoms with van der Waals surface area (Å²) in [4.78, 5) is 37.9. The van der Waals surface area contributed by atoms with Crippen LogP contribution in [0.5, 0.6) is 0 Å². The van der Waals surface area contributed by atoms with Gasteiger partial charge in [-0.05, 0) is 25.1 Å². The van der Waals surface area contributed by atoms with E-state index in [1.807, 2.05) is 6.92 Å². The average Bonchev–Trinajstić information content (AvgIpc) is 3.12. The largest absolute Gasteiger partial charge is 0.346 e. The molecule has 0 aliphatic heterocycles. The summed E-state index contributed by atoms with van der Waals surface area (Å²) in [5.41, 5.74) is 0.559. The predicted octanol–water partition coefficient (Wildman–Crippen LogP) is 3.13. The number of hydrogen-bond acceptors (Lipinski definition) is 6. The lowest BCUT2D eigenvalue weighted by atomic mass is 10.2.